The molecule has 2 aliphatic rings. The van der Waals surface area contributed by atoms with E-state index in [1.807, 2.05) is 18.2 Å². The van der Waals surface area contributed by atoms with Gasteiger partial charge in [-0.25, -0.2) is 4.79 Å². The average Bonchev–Trinajstić information content (AvgIpc) is 2.70. The molecule has 0 radical (unpaired) electrons. The summed E-state index contributed by atoms with van der Waals surface area (Å²) >= 11 is 0. The van der Waals surface area contributed by atoms with E-state index in [-0.39, 0.29) is 11.9 Å². The van der Waals surface area contributed by atoms with Crippen LogP contribution in [0, 0.1) is 0 Å². The minimum absolute atomic E-state index is 0.204. The first-order chi connectivity index (χ1) is 8.79. The molecule has 0 amide bonds. The zero-order valence-electron chi connectivity index (χ0n) is 10.1. The third-order valence-corrected chi connectivity index (χ3v) is 3.05. The van der Waals surface area contributed by atoms with Gasteiger partial charge in [0, 0.05) is 0 Å². The molecule has 94 valence electrons. The predicted octanol–water partition coefficient (Wildman–Crippen LogP) is 2.79. The van der Waals surface area contributed by atoms with Crippen molar-refractivity contribution in [1.82, 2.24) is 0 Å². The Balaban J connectivity index is 1.88. The van der Waals surface area contributed by atoms with Gasteiger partial charge < -0.3 is 14.2 Å². The molecule has 1 aromatic carbocycles. The first-order valence-corrected chi connectivity index (χ1v) is 6.19. The maximum absolute atomic E-state index is 11.7. The molecule has 0 saturated carbocycles. The highest BCUT2D eigenvalue weighted by molar-refractivity contribution is 5.90. The minimum Gasteiger partial charge on any atom is -0.450 e. The Labute approximate surface area is 105 Å². The molecule has 2 heterocycles. The van der Waals surface area contributed by atoms with Gasteiger partial charge in [0.15, 0.2) is 23.4 Å². The Kier molecular flexibility index (Phi) is 2.70. The molecule has 0 aromatic heterocycles. The Morgan fingerprint density at radius 2 is 1.89 bits per heavy atom. The fourth-order valence-corrected chi connectivity index (χ4v) is 2.11. The third kappa shape index (κ3) is 1.74. The number of benzene rings is 1. The highest BCUT2D eigenvalue weighted by Crippen LogP contribution is 2.40. The number of fused-ring (bicyclic) bond motifs is 1. The van der Waals surface area contributed by atoms with Crippen LogP contribution < -0.4 is 9.47 Å². The first kappa shape index (κ1) is 11.1. The van der Waals surface area contributed by atoms with Gasteiger partial charge in [-0.1, -0.05) is 25.5 Å². The fourth-order valence-electron chi connectivity index (χ4n) is 2.11. The molecular formula is C14H14O4. The summed E-state index contributed by atoms with van der Waals surface area (Å²) in [4.78, 5) is 11.7. The lowest BCUT2D eigenvalue weighted by Gasteiger charge is -2.19. The number of cyclic esters (lactones) is 1. The smallest absolute Gasteiger partial charge is 0.378 e. The van der Waals surface area contributed by atoms with Crippen molar-refractivity contribution in [2.75, 3.05) is 0 Å². The second-order valence-electron chi connectivity index (χ2n) is 4.38. The van der Waals surface area contributed by atoms with E-state index >= 15 is 0 Å². The summed E-state index contributed by atoms with van der Waals surface area (Å²) in [6, 6.07) is 7.29. The van der Waals surface area contributed by atoms with Crippen LogP contribution in [0.4, 0.5) is 0 Å². The maximum Gasteiger partial charge on any atom is 0.378 e. The standard InChI is InChI=1S/C14H14O4/c1-2-3-6-11-12-13(14(15)18-11)17-10-8-5-4-7-9(10)16-12/h4-5,7-8,11H,2-3,6H2,1H3. The van der Waals surface area contributed by atoms with E-state index in [1.165, 1.54) is 0 Å². The zero-order valence-corrected chi connectivity index (χ0v) is 10.1. The van der Waals surface area contributed by atoms with Crippen LogP contribution in [0.2, 0.25) is 0 Å². The van der Waals surface area contributed by atoms with Gasteiger partial charge in [-0.2, -0.15) is 0 Å². The van der Waals surface area contributed by atoms with Gasteiger partial charge in [0.25, 0.3) is 5.76 Å². The SMILES string of the molecule is CCCCC1OC(=O)C2=C1Oc1ccccc1O2. The lowest BCUT2D eigenvalue weighted by atomic mass is 10.1. The summed E-state index contributed by atoms with van der Waals surface area (Å²) < 4.78 is 16.6. The Bertz CT molecular complexity index is 518. The molecule has 4 nitrogen and oxygen atoms in total. The lowest BCUT2D eigenvalue weighted by molar-refractivity contribution is -0.142. The maximum atomic E-state index is 11.7. The molecular weight excluding hydrogens is 232 g/mol. The number of esters is 1. The van der Waals surface area contributed by atoms with Crippen LogP contribution >= 0.6 is 0 Å². The number of rotatable bonds is 3. The van der Waals surface area contributed by atoms with Crippen molar-refractivity contribution < 1.29 is 19.0 Å². The summed E-state index contributed by atoms with van der Waals surface area (Å²) in [6.45, 7) is 2.10. The number of unbranched alkanes of at least 4 members (excludes halogenated alkanes) is 1. The van der Waals surface area contributed by atoms with Gasteiger partial charge in [-0.05, 0) is 25.0 Å². The quantitative estimate of drug-likeness (QED) is 0.769. The molecule has 1 atom stereocenters. The van der Waals surface area contributed by atoms with Crippen LogP contribution in [0.15, 0.2) is 35.8 Å². The number of ether oxygens (including phenoxy) is 3. The average molecular weight is 246 g/mol. The number of para-hydroxylation sites is 2. The molecule has 4 heteroatoms. The molecule has 0 aliphatic carbocycles. The van der Waals surface area contributed by atoms with Crippen molar-refractivity contribution in [3.63, 3.8) is 0 Å². The van der Waals surface area contributed by atoms with Crippen LogP contribution in [0.3, 0.4) is 0 Å². The van der Waals surface area contributed by atoms with E-state index in [4.69, 9.17) is 14.2 Å². The van der Waals surface area contributed by atoms with Crippen molar-refractivity contribution in [2.45, 2.75) is 32.3 Å². The molecule has 0 bridgehead atoms. The Morgan fingerprint density at radius 1 is 1.17 bits per heavy atom. The van der Waals surface area contributed by atoms with Gasteiger partial charge in [-0.15, -0.1) is 0 Å². The highest BCUT2D eigenvalue weighted by atomic mass is 16.6. The number of hydrogen-bond donors (Lipinski definition) is 0. The van der Waals surface area contributed by atoms with Crippen molar-refractivity contribution in [1.29, 1.82) is 0 Å². The van der Waals surface area contributed by atoms with E-state index in [2.05, 4.69) is 6.92 Å². The van der Waals surface area contributed by atoms with Gasteiger partial charge in [-0.3, -0.25) is 0 Å². The molecule has 0 fully saturated rings. The van der Waals surface area contributed by atoms with E-state index < -0.39 is 5.97 Å². The molecule has 1 unspecified atom stereocenters. The monoisotopic (exact) mass is 246 g/mol. The molecule has 0 N–H and O–H groups in total. The summed E-state index contributed by atoms with van der Waals surface area (Å²) in [5.41, 5.74) is 0. The molecule has 2 aliphatic heterocycles. The van der Waals surface area contributed by atoms with E-state index in [1.54, 1.807) is 6.07 Å². The molecule has 1 aromatic rings. The topological polar surface area (TPSA) is 44.8 Å². The van der Waals surface area contributed by atoms with Gasteiger partial charge in [0.1, 0.15) is 0 Å². The minimum atomic E-state index is -0.430. The van der Waals surface area contributed by atoms with Crippen molar-refractivity contribution in [2.24, 2.45) is 0 Å². The summed E-state index contributed by atoms with van der Waals surface area (Å²) in [6.07, 6.45) is 2.50. The molecule has 18 heavy (non-hydrogen) atoms. The number of carbonyl (C=O) groups excluding carboxylic acids is 1. The van der Waals surface area contributed by atoms with Gasteiger partial charge in [0.2, 0.25) is 0 Å². The van der Waals surface area contributed by atoms with Crippen LogP contribution in [-0.2, 0) is 9.53 Å². The van der Waals surface area contributed by atoms with Gasteiger partial charge >= 0.3 is 5.97 Å². The largest absolute Gasteiger partial charge is 0.450 e. The van der Waals surface area contributed by atoms with E-state index in [0.717, 1.165) is 19.3 Å². The lowest BCUT2D eigenvalue weighted by Crippen LogP contribution is -2.17. The second-order valence-corrected chi connectivity index (χ2v) is 4.38. The van der Waals surface area contributed by atoms with E-state index in [0.29, 0.717) is 17.3 Å². The number of carbonyl (C=O) groups is 1. The highest BCUT2D eigenvalue weighted by Gasteiger charge is 2.41. The van der Waals surface area contributed by atoms with E-state index in [9.17, 15) is 4.79 Å². The fraction of sp³-hybridized carbons (Fsp3) is 0.357. The predicted molar refractivity (Wildman–Crippen MR) is 64.1 cm³/mol. The number of hydrogen-bond acceptors (Lipinski definition) is 4. The van der Waals surface area contributed by atoms with Crippen molar-refractivity contribution in [3.05, 3.63) is 35.8 Å². The Hall–Kier alpha value is -1.97. The zero-order chi connectivity index (χ0) is 12.5. The van der Waals surface area contributed by atoms with Crippen molar-refractivity contribution in [3.8, 4) is 11.5 Å². The van der Waals surface area contributed by atoms with Crippen LogP contribution in [-0.4, -0.2) is 12.1 Å². The summed E-state index contributed by atoms with van der Waals surface area (Å²) in [7, 11) is 0. The molecule has 3 rings (SSSR count). The summed E-state index contributed by atoms with van der Waals surface area (Å²) in [5.74, 6) is 1.49. The summed E-state index contributed by atoms with van der Waals surface area (Å²) in [5, 5.41) is 0. The normalized spacial score (nSPS) is 20.7. The molecule has 0 spiro atoms. The molecule has 0 saturated heterocycles. The Morgan fingerprint density at radius 3 is 2.61 bits per heavy atom. The van der Waals surface area contributed by atoms with Gasteiger partial charge in [0.05, 0.1) is 0 Å². The van der Waals surface area contributed by atoms with Crippen LogP contribution in [0.5, 0.6) is 11.5 Å². The first-order valence-electron chi connectivity index (χ1n) is 6.19. The van der Waals surface area contributed by atoms with Crippen LogP contribution in [0.1, 0.15) is 26.2 Å². The third-order valence-electron chi connectivity index (χ3n) is 3.05. The second kappa shape index (κ2) is 4.37. The van der Waals surface area contributed by atoms with Crippen molar-refractivity contribution >= 4 is 5.97 Å². The van der Waals surface area contributed by atoms with Crippen LogP contribution in [0.25, 0.3) is 0 Å².